The molecule has 0 amide bonds. The summed E-state index contributed by atoms with van der Waals surface area (Å²) in [5.41, 5.74) is 2.13. The molecule has 2 aromatic carbocycles. The maximum Gasteiger partial charge on any atom is 0.269 e. The van der Waals surface area contributed by atoms with Crippen LogP contribution in [0.5, 0.6) is 5.75 Å². The zero-order valence-corrected chi connectivity index (χ0v) is 17.0. The lowest BCUT2D eigenvalue weighted by molar-refractivity contribution is -0.385. The molecule has 0 N–H and O–H groups in total. The second-order valence-electron chi connectivity index (χ2n) is 9.16. The fraction of sp³-hybridized carbons (Fsp3) is 0.292. The number of allylic oxidation sites excluding steroid dienone is 1. The third-order valence-corrected chi connectivity index (χ3v) is 6.38. The average molecular weight is 415 g/mol. The Balaban J connectivity index is 1.79. The number of Topliss-reactive ketones (excluding diaryl/α,β-unsaturated/α-hetero) is 2. The fourth-order valence-electron chi connectivity index (χ4n) is 5.15. The van der Waals surface area contributed by atoms with Crippen LogP contribution in [0.2, 0.25) is 0 Å². The van der Waals surface area contributed by atoms with Crippen molar-refractivity contribution in [1.29, 1.82) is 0 Å². The highest BCUT2D eigenvalue weighted by atomic mass is 16.6. The van der Waals surface area contributed by atoms with Gasteiger partial charge < -0.3 is 5.11 Å². The van der Waals surface area contributed by atoms with E-state index in [4.69, 9.17) is 4.99 Å². The number of hydrogen-bond acceptors (Lipinski definition) is 6. The van der Waals surface area contributed by atoms with Crippen LogP contribution in [0.25, 0.3) is 5.70 Å². The molecule has 3 aliphatic rings. The second-order valence-corrected chi connectivity index (χ2v) is 9.16. The lowest BCUT2D eigenvalue weighted by atomic mass is 9.63. The van der Waals surface area contributed by atoms with Gasteiger partial charge in [0, 0.05) is 46.9 Å². The van der Waals surface area contributed by atoms with Gasteiger partial charge in [0.2, 0.25) is 0 Å². The van der Waals surface area contributed by atoms with Crippen molar-refractivity contribution in [3.05, 3.63) is 74.8 Å². The van der Waals surface area contributed by atoms with Crippen molar-refractivity contribution in [2.24, 2.45) is 16.3 Å². The van der Waals surface area contributed by atoms with E-state index in [1.54, 1.807) is 18.2 Å². The second kappa shape index (κ2) is 6.44. The summed E-state index contributed by atoms with van der Waals surface area (Å²) in [6.07, 6.45) is 0.843. The topological polar surface area (TPSA) is 113 Å². The molecule has 0 radical (unpaired) electrons. The molecule has 7 nitrogen and oxygen atoms in total. The lowest BCUT2D eigenvalue weighted by Gasteiger charge is -2.41. The Morgan fingerprint density at radius 2 is 1.74 bits per heavy atom. The van der Waals surface area contributed by atoms with Gasteiger partial charge in [-0.25, -0.2) is 0 Å². The molecule has 2 atom stereocenters. The quantitative estimate of drug-likeness (QED) is 0.547. The normalized spacial score (nSPS) is 23.7. The largest absolute Gasteiger partial charge is 0.872 e. The van der Waals surface area contributed by atoms with Crippen molar-refractivity contribution in [3.8, 4) is 5.75 Å². The van der Waals surface area contributed by atoms with E-state index in [1.165, 1.54) is 6.07 Å². The van der Waals surface area contributed by atoms with Gasteiger partial charge in [-0.15, -0.1) is 5.75 Å². The van der Waals surface area contributed by atoms with Crippen molar-refractivity contribution in [1.82, 2.24) is 0 Å². The van der Waals surface area contributed by atoms with Gasteiger partial charge >= 0.3 is 0 Å². The van der Waals surface area contributed by atoms with Gasteiger partial charge in [0.05, 0.1) is 16.5 Å². The highest BCUT2D eigenvalue weighted by molar-refractivity contribution is 6.25. The zero-order valence-electron chi connectivity index (χ0n) is 17.0. The minimum absolute atomic E-state index is 0.0961. The molecule has 2 aromatic rings. The summed E-state index contributed by atoms with van der Waals surface area (Å²) in [4.78, 5) is 42.2. The van der Waals surface area contributed by atoms with E-state index in [1.807, 2.05) is 19.9 Å². The van der Waals surface area contributed by atoms with Crippen LogP contribution >= 0.6 is 0 Å². The molecule has 5 rings (SSSR count). The number of carbonyl (C=O) groups excluding carboxylic acids is 2. The predicted octanol–water partition coefficient (Wildman–Crippen LogP) is 3.82. The summed E-state index contributed by atoms with van der Waals surface area (Å²) < 4.78 is 0. The number of carbonyl (C=O) groups is 2. The number of benzene rings is 2. The van der Waals surface area contributed by atoms with Gasteiger partial charge in [-0.05, 0) is 17.4 Å². The van der Waals surface area contributed by atoms with E-state index in [9.17, 15) is 24.8 Å². The van der Waals surface area contributed by atoms with Crippen molar-refractivity contribution in [3.63, 3.8) is 0 Å². The minimum Gasteiger partial charge on any atom is -0.872 e. The monoisotopic (exact) mass is 415 g/mol. The average Bonchev–Trinajstić information content (AvgIpc) is 2.98. The number of fused-ring (bicyclic) bond motifs is 3. The molecule has 0 spiro atoms. The van der Waals surface area contributed by atoms with Gasteiger partial charge in [0.15, 0.2) is 5.78 Å². The number of nitro benzene ring substituents is 1. The molecule has 0 saturated heterocycles. The number of non-ortho nitro benzene ring substituents is 1. The van der Waals surface area contributed by atoms with Crippen LogP contribution in [0.3, 0.4) is 0 Å². The van der Waals surface area contributed by atoms with E-state index in [0.717, 1.165) is 12.1 Å². The molecular weight excluding hydrogens is 396 g/mol. The highest BCUT2D eigenvalue weighted by Gasteiger charge is 2.50. The summed E-state index contributed by atoms with van der Waals surface area (Å²) in [6, 6.07) is 10.6. The summed E-state index contributed by atoms with van der Waals surface area (Å²) in [5.74, 6) is -2.44. The Morgan fingerprint density at radius 1 is 1.03 bits per heavy atom. The molecule has 1 fully saturated rings. The maximum atomic E-state index is 13.4. The summed E-state index contributed by atoms with van der Waals surface area (Å²) >= 11 is 0. The number of nitrogens with zero attached hydrogens (tertiary/aromatic N) is 2. The van der Waals surface area contributed by atoms with Crippen LogP contribution in [0.4, 0.5) is 5.69 Å². The molecule has 1 heterocycles. The third kappa shape index (κ3) is 2.84. The molecule has 0 aromatic heterocycles. The van der Waals surface area contributed by atoms with Crippen LogP contribution < -0.4 is 5.11 Å². The molecule has 7 heteroatoms. The van der Waals surface area contributed by atoms with Crippen molar-refractivity contribution in [2.45, 2.75) is 32.6 Å². The highest BCUT2D eigenvalue weighted by Crippen LogP contribution is 2.53. The molecular formula is C24H19N2O5-. The molecule has 156 valence electrons. The van der Waals surface area contributed by atoms with E-state index in [-0.39, 0.29) is 28.2 Å². The van der Waals surface area contributed by atoms with Crippen molar-refractivity contribution in [2.75, 3.05) is 0 Å². The standard InChI is InChI=1S/C24H20N2O5/c1-24(2)10-16-20(18(28)11-24)19(15-9-12(26(30)31)7-8-17(15)27)21-22(25-16)13-5-3-4-6-14(13)23(21)29/h3-9,19-20,27H,10-11H2,1-2H3/p-1/t19-,20?/m1/s1. The smallest absolute Gasteiger partial charge is 0.269 e. The van der Waals surface area contributed by atoms with Crippen LogP contribution in [0.1, 0.15) is 54.1 Å². The Kier molecular flexibility index (Phi) is 4.02. The van der Waals surface area contributed by atoms with Crippen molar-refractivity contribution < 1.29 is 19.6 Å². The van der Waals surface area contributed by atoms with Crippen LogP contribution in [-0.2, 0) is 4.79 Å². The first-order chi connectivity index (χ1) is 14.7. The molecule has 0 bridgehead atoms. The van der Waals surface area contributed by atoms with Gasteiger partial charge in [-0.3, -0.25) is 24.7 Å². The molecule has 2 aliphatic carbocycles. The van der Waals surface area contributed by atoms with Crippen molar-refractivity contribution >= 4 is 28.7 Å². The number of rotatable bonds is 2. The fourth-order valence-corrected chi connectivity index (χ4v) is 5.15. The first-order valence-electron chi connectivity index (χ1n) is 10.1. The van der Waals surface area contributed by atoms with Gasteiger partial charge in [0.25, 0.3) is 5.69 Å². The summed E-state index contributed by atoms with van der Waals surface area (Å²) in [5, 5.41) is 24.2. The van der Waals surface area contributed by atoms with E-state index >= 15 is 0 Å². The Morgan fingerprint density at radius 3 is 2.45 bits per heavy atom. The minimum atomic E-state index is -0.876. The van der Waals surface area contributed by atoms with Crippen LogP contribution in [-0.4, -0.2) is 22.2 Å². The van der Waals surface area contributed by atoms with E-state index < -0.39 is 22.5 Å². The maximum absolute atomic E-state index is 13.4. The van der Waals surface area contributed by atoms with Gasteiger partial charge in [-0.1, -0.05) is 44.2 Å². The van der Waals surface area contributed by atoms with E-state index in [2.05, 4.69) is 0 Å². The van der Waals surface area contributed by atoms with Crippen LogP contribution in [0, 0.1) is 21.4 Å². The number of aliphatic imine (C=N–C) groups is 1. The predicted molar refractivity (Wildman–Crippen MR) is 112 cm³/mol. The van der Waals surface area contributed by atoms with Gasteiger partial charge in [0.1, 0.15) is 5.78 Å². The molecule has 31 heavy (non-hydrogen) atoms. The number of hydrogen-bond donors (Lipinski definition) is 0. The summed E-state index contributed by atoms with van der Waals surface area (Å²) in [6.45, 7) is 3.98. The third-order valence-electron chi connectivity index (χ3n) is 6.38. The Labute approximate surface area is 178 Å². The molecule has 1 unspecified atom stereocenters. The van der Waals surface area contributed by atoms with Crippen LogP contribution in [0.15, 0.2) is 53.0 Å². The SMILES string of the molecule is CC1(C)CC(=O)C2C(=NC3=C(C(=O)c4ccccc43)[C@@H]2c2cc([N+](=O)[O-])ccc2[O-])C1. The van der Waals surface area contributed by atoms with E-state index in [0.29, 0.717) is 41.0 Å². The Bertz CT molecular complexity index is 1250. The molecule has 1 saturated carbocycles. The summed E-state index contributed by atoms with van der Waals surface area (Å²) in [7, 11) is 0. The lowest BCUT2D eigenvalue weighted by Crippen LogP contribution is -2.43. The molecule has 1 aliphatic heterocycles. The first-order valence-corrected chi connectivity index (χ1v) is 10.1. The first kappa shape index (κ1) is 19.4. The Hall–Kier alpha value is -3.61. The zero-order chi connectivity index (χ0) is 22.1. The number of nitro groups is 1. The number of ketones is 2. The van der Waals surface area contributed by atoms with Gasteiger partial charge in [-0.2, -0.15) is 0 Å².